The van der Waals surface area contributed by atoms with Crippen molar-refractivity contribution in [1.29, 1.82) is 0 Å². The van der Waals surface area contributed by atoms with Gasteiger partial charge in [0, 0.05) is 23.3 Å². The topological polar surface area (TPSA) is 77.0 Å². The molecule has 0 spiro atoms. The van der Waals surface area contributed by atoms with Crippen LogP contribution >= 0.6 is 0 Å². The van der Waals surface area contributed by atoms with Crippen LogP contribution in [0, 0.1) is 12.7 Å². The van der Waals surface area contributed by atoms with Gasteiger partial charge in [0.2, 0.25) is 0 Å². The van der Waals surface area contributed by atoms with Crippen molar-refractivity contribution in [2.45, 2.75) is 13.5 Å². The van der Waals surface area contributed by atoms with Crippen molar-refractivity contribution in [3.05, 3.63) is 47.7 Å². The van der Waals surface area contributed by atoms with Crippen LogP contribution in [-0.2, 0) is 6.54 Å². The molecule has 3 aromatic rings. The molecule has 6 heteroatoms. The lowest BCUT2D eigenvalue weighted by atomic mass is 10.1. The third kappa shape index (κ3) is 2.16. The summed E-state index contributed by atoms with van der Waals surface area (Å²) in [7, 11) is 0. The van der Waals surface area contributed by atoms with Crippen molar-refractivity contribution in [2.24, 2.45) is 0 Å². The Morgan fingerprint density at radius 1 is 1.40 bits per heavy atom. The van der Waals surface area contributed by atoms with Gasteiger partial charge in [0.25, 0.3) is 0 Å². The Morgan fingerprint density at radius 3 is 3.00 bits per heavy atom. The molecule has 1 aromatic carbocycles. The van der Waals surface area contributed by atoms with Crippen molar-refractivity contribution >= 4 is 22.3 Å². The van der Waals surface area contributed by atoms with Gasteiger partial charge in [-0.2, -0.15) is 0 Å². The minimum atomic E-state index is -0.440. The van der Waals surface area contributed by atoms with Gasteiger partial charge < -0.3 is 15.6 Å². The molecular formula is C14H13FN4O. The quantitative estimate of drug-likeness (QED) is 0.717. The SMILES string of the molecule is Cc1cc(CNc2c(F)cc(N)c3cccnc23)on1. The molecule has 0 aliphatic carbocycles. The van der Waals surface area contributed by atoms with E-state index in [-0.39, 0.29) is 0 Å². The van der Waals surface area contributed by atoms with E-state index in [4.69, 9.17) is 10.3 Å². The number of anilines is 2. The molecule has 102 valence electrons. The van der Waals surface area contributed by atoms with E-state index in [0.29, 0.717) is 34.6 Å². The summed E-state index contributed by atoms with van der Waals surface area (Å²) in [5, 5.41) is 7.48. The molecule has 0 saturated heterocycles. The van der Waals surface area contributed by atoms with E-state index in [0.717, 1.165) is 5.69 Å². The Kier molecular flexibility index (Phi) is 2.98. The number of aryl methyl sites for hydroxylation is 1. The first-order valence-electron chi connectivity index (χ1n) is 6.14. The van der Waals surface area contributed by atoms with Crippen molar-refractivity contribution in [3.63, 3.8) is 0 Å². The number of benzene rings is 1. The zero-order chi connectivity index (χ0) is 14.1. The Bertz CT molecular complexity index is 769. The number of aromatic nitrogens is 2. The van der Waals surface area contributed by atoms with Crippen molar-refractivity contribution in [2.75, 3.05) is 11.1 Å². The van der Waals surface area contributed by atoms with Crippen LogP contribution < -0.4 is 11.1 Å². The monoisotopic (exact) mass is 272 g/mol. The first-order chi connectivity index (χ1) is 9.65. The summed E-state index contributed by atoms with van der Waals surface area (Å²) >= 11 is 0. The van der Waals surface area contributed by atoms with E-state index in [1.165, 1.54) is 6.07 Å². The van der Waals surface area contributed by atoms with Gasteiger partial charge in [0.15, 0.2) is 11.6 Å². The number of nitrogens with one attached hydrogen (secondary N) is 1. The summed E-state index contributed by atoms with van der Waals surface area (Å²) in [6, 6.07) is 6.65. The van der Waals surface area contributed by atoms with E-state index in [1.54, 1.807) is 24.4 Å². The molecule has 0 bridgehead atoms. The van der Waals surface area contributed by atoms with Gasteiger partial charge in [-0.25, -0.2) is 4.39 Å². The maximum absolute atomic E-state index is 14.1. The lowest BCUT2D eigenvalue weighted by Gasteiger charge is -2.10. The molecule has 0 aliphatic rings. The second-order valence-corrected chi connectivity index (χ2v) is 4.51. The van der Waals surface area contributed by atoms with Gasteiger partial charge in [-0.15, -0.1) is 0 Å². The van der Waals surface area contributed by atoms with E-state index >= 15 is 0 Å². The van der Waals surface area contributed by atoms with Gasteiger partial charge in [-0.3, -0.25) is 4.98 Å². The number of nitrogens with two attached hydrogens (primary N) is 1. The minimum absolute atomic E-state index is 0.309. The fourth-order valence-electron chi connectivity index (χ4n) is 2.08. The lowest BCUT2D eigenvalue weighted by molar-refractivity contribution is 0.384. The van der Waals surface area contributed by atoms with E-state index in [1.807, 2.05) is 6.92 Å². The predicted octanol–water partition coefficient (Wildman–Crippen LogP) is 2.86. The molecule has 0 amide bonds. The van der Waals surface area contributed by atoms with Crippen LogP contribution in [0.15, 0.2) is 35.0 Å². The van der Waals surface area contributed by atoms with Gasteiger partial charge in [0.1, 0.15) is 0 Å². The molecule has 2 aromatic heterocycles. The Hall–Kier alpha value is -2.63. The first-order valence-corrected chi connectivity index (χ1v) is 6.14. The van der Waals surface area contributed by atoms with Gasteiger partial charge in [0.05, 0.1) is 23.4 Å². The normalized spacial score (nSPS) is 10.9. The summed E-state index contributed by atoms with van der Waals surface area (Å²) in [6.07, 6.45) is 1.60. The molecule has 0 saturated carbocycles. The molecular weight excluding hydrogens is 259 g/mol. The zero-order valence-corrected chi connectivity index (χ0v) is 10.9. The number of hydrogen-bond donors (Lipinski definition) is 2. The van der Waals surface area contributed by atoms with Crippen LogP contribution in [0.1, 0.15) is 11.5 Å². The second kappa shape index (κ2) is 4.80. The van der Waals surface area contributed by atoms with Gasteiger partial charge in [-0.1, -0.05) is 5.16 Å². The van der Waals surface area contributed by atoms with Gasteiger partial charge >= 0.3 is 0 Å². The number of nitrogens with zero attached hydrogens (tertiary/aromatic N) is 2. The van der Waals surface area contributed by atoms with Crippen LogP contribution in [0.5, 0.6) is 0 Å². The number of pyridine rings is 1. The molecule has 20 heavy (non-hydrogen) atoms. The molecule has 3 rings (SSSR count). The van der Waals surface area contributed by atoms with E-state index < -0.39 is 5.82 Å². The molecule has 0 fully saturated rings. The molecule has 2 heterocycles. The zero-order valence-electron chi connectivity index (χ0n) is 10.9. The summed E-state index contributed by atoms with van der Waals surface area (Å²) < 4.78 is 19.1. The fraction of sp³-hybridized carbons (Fsp3) is 0.143. The minimum Gasteiger partial charge on any atom is -0.398 e. The highest BCUT2D eigenvalue weighted by molar-refractivity contribution is 5.98. The summed E-state index contributed by atoms with van der Waals surface area (Å²) in [6.45, 7) is 2.15. The van der Waals surface area contributed by atoms with E-state index in [9.17, 15) is 4.39 Å². The highest BCUT2D eigenvalue weighted by Crippen LogP contribution is 2.29. The fourth-order valence-corrected chi connectivity index (χ4v) is 2.08. The van der Waals surface area contributed by atoms with Crippen molar-refractivity contribution in [3.8, 4) is 0 Å². The first kappa shape index (κ1) is 12.4. The van der Waals surface area contributed by atoms with Gasteiger partial charge in [-0.05, 0) is 25.1 Å². The predicted molar refractivity (Wildman–Crippen MR) is 74.7 cm³/mol. The number of nitrogen functional groups attached to an aromatic ring is 1. The number of fused-ring (bicyclic) bond motifs is 1. The van der Waals surface area contributed by atoms with Crippen molar-refractivity contribution < 1.29 is 8.91 Å². The number of halogens is 1. The maximum atomic E-state index is 14.1. The Balaban J connectivity index is 1.98. The summed E-state index contributed by atoms with van der Waals surface area (Å²) in [5.41, 5.74) is 7.76. The third-order valence-corrected chi connectivity index (χ3v) is 2.99. The van der Waals surface area contributed by atoms with E-state index in [2.05, 4.69) is 15.5 Å². The second-order valence-electron chi connectivity index (χ2n) is 4.51. The molecule has 5 nitrogen and oxygen atoms in total. The highest BCUT2D eigenvalue weighted by Gasteiger charge is 2.12. The number of rotatable bonds is 3. The molecule has 0 aliphatic heterocycles. The number of hydrogen-bond acceptors (Lipinski definition) is 5. The Morgan fingerprint density at radius 2 is 2.25 bits per heavy atom. The van der Waals surface area contributed by atoms with Crippen LogP contribution in [0.2, 0.25) is 0 Å². The molecule has 0 radical (unpaired) electrons. The van der Waals surface area contributed by atoms with Crippen LogP contribution in [0.4, 0.5) is 15.8 Å². The Labute approximate surface area is 114 Å². The average Bonchev–Trinajstić information content (AvgIpc) is 2.84. The maximum Gasteiger partial charge on any atom is 0.156 e. The standard InChI is InChI=1S/C14H13FN4O/c1-8-5-9(20-19-8)7-18-14-11(15)6-12(16)10-3-2-4-17-13(10)14/h2-6,18H,7,16H2,1H3. The molecule has 0 unspecified atom stereocenters. The molecule has 0 atom stereocenters. The third-order valence-electron chi connectivity index (χ3n) is 2.99. The van der Waals surface area contributed by atoms with Crippen molar-refractivity contribution in [1.82, 2.24) is 10.1 Å². The summed E-state index contributed by atoms with van der Waals surface area (Å²) in [4.78, 5) is 4.19. The highest BCUT2D eigenvalue weighted by atomic mass is 19.1. The largest absolute Gasteiger partial charge is 0.398 e. The van der Waals surface area contributed by atoms with Crippen LogP contribution in [0.25, 0.3) is 10.9 Å². The summed E-state index contributed by atoms with van der Waals surface area (Å²) in [5.74, 6) is 0.188. The lowest BCUT2D eigenvalue weighted by Crippen LogP contribution is -2.03. The smallest absolute Gasteiger partial charge is 0.156 e. The van der Waals surface area contributed by atoms with Crippen LogP contribution in [-0.4, -0.2) is 10.1 Å². The van der Waals surface area contributed by atoms with Crippen LogP contribution in [0.3, 0.4) is 0 Å². The molecule has 3 N–H and O–H groups in total. The average molecular weight is 272 g/mol.